The molecule has 2 aromatic rings. The minimum Gasteiger partial charge on any atom is -0.508 e. The molecule has 0 atom stereocenters. The van der Waals surface area contributed by atoms with Gasteiger partial charge in [0.25, 0.3) is 5.91 Å². The van der Waals surface area contributed by atoms with Crippen LogP contribution < -0.4 is 11.1 Å². The zero-order chi connectivity index (χ0) is 14.0. The molecule has 0 heterocycles. The second-order valence-corrected chi connectivity index (χ2v) is 5.17. The molecule has 6 heteroatoms. The largest absolute Gasteiger partial charge is 0.508 e. The van der Waals surface area contributed by atoms with E-state index >= 15 is 0 Å². The van der Waals surface area contributed by atoms with Gasteiger partial charge in [-0.2, -0.15) is 0 Å². The van der Waals surface area contributed by atoms with Gasteiger partial charge in [0, 0.05) is 10.5 Å². The van der Waals surface area contributed by atoms with Crippen LogP contribution in [0.4, 0.5) is 11.4 Å². The van der Waals surface area contributed by atoms with Crippen LogP contribution in [0.2, 0.25) is 5.02 Å². The van der Waals surface area contributed by atoms with Gasteiger partial charge in [0.1, 0.15) is 5.75 Å². The number of nitrogens with two attached hydrogens (primary N) is 1. The number of anilines is 2. The molecule has 0 fully saturated rings. The van der Waals surface area contributed by atoms with Crippen LogP contribution in [0.25, 0.3) is 0 Å². The van der Waals surface area contributed by atoms with Crippen molar-refractivity contribution in [2.45, 2.75) is 0 Å². The third-order valence-corrected chi connectivity index (χ3v) is 3.28. The molecule has 4 nitrogen and oxygen atoms in total. The van der Waals surface area contributed by atoms with E-state index in [1.807, 2.05) is 0 Å². The maximum absolute atomic E-state index is 12.1. The molecule has 0 aliphatic carbocycles. The van der Waals surface area contributed by atoms with E-state index in [-0.39, 0.29) is 17.3 Å². The summed E-state index contributed by atoms with van der Waals surface area (Å²) in [4.78, 5) is 12.1. The number of nitrogen functional groups attached to an aromatic ring is 1. The summed E-state index contributed by atoms with van der Waals surface area (Å²) in [5.41, 5.74) is 6.73. The summed E-state index contributed by atoms with van der Waals surface area (Å²) in [5, 5.41) is 12.2. The molecule has 4 N–H and O–H groups in total. The molecule has 0 aromatic heterocycles. The maximum Gasteiger partial charge on any atom is 0.257 e. The van der Waals surface area contributed by atoms with E-state index in [9.17, 15) is 9.90 Å². The van der Waals surface area contributed by atoms with Gasteiger partial charge in [-0.3, -0.25) is 4.79 Å². The van der Waals surface area contributed by atoms with Gasteiger partial charge >= 0.3 is 0 Å². The number of phenolic OH excluding ortho intramolecular Hbond substituents is 1. The Hall–Kier alpha value is -1.72. The van der Waals surface area contributed by atoms with Crippen LogP contribution in [-0.2, 0) is 0 Å². The van der Waals surface area contributed by atoms with Crippen molar-refractivity contribution >= 4 is 44.8 Å². The fourth-order valence-corrected chi connectivity index (χ4v) is 2.09. The molecule has 0 unspecified atom stereocenters. The molecule has 0 bridgehead atoms. The predicted octanol–water partition coefficient (Wildman–Crippen LogP) is 3.64. The SMILES string of the molecule is Nc1cc(O)ccc1NC(=O)c1cc(Br)ccc1Cl. The number of rotatable bonds is 2. The molecule has 0 radical (unpaired) electrons. The quantitative estimate of drug-likeness (QED) is 0.576. The summed E-state index contributed by atoms with van der Waals surface area (Å²) in [5.74, 6) is -0.334. The van der Waals surface area contributed by atoms with E-state index in [1.54, 1.807) is 18.2 Å². The normalized spacial score (nSPS) is 10.2. The fourth-order valence-electron chi connectivity index (χ4n) is 1.53. The Balaban J connectivity index is 2.28. The number of halogens is 2. The maximum atomic E-state index is 12.1. The van der Waals surface area contributed by atoms with Gasteiger partial charge < -0.3 is 16.2 Å². The molecule has 2 aromatic carbocycles. The average molecular weight is 342 g/mol. The van der Waals surface area contributed by atoms with Crippen LogP contribution in [0.5, 0.6) is 5.75 Å². The molecule has 1 amide bonds. The third kappa shape index (κ3) is 3.19. The predicted molar refractivity (Wildman–Crippen MR) is 79.6 cm³/mol. The standard InChI is InChI=1S/C13H10BrClN2O2/c14-7-1-3-10(15)9(5-7)13(19)17-12-4-2-8(18)6-11(12)16/h1-6,18H,16H2,(H,17,19). The Morgan fingerprint density at radius 3 is 2.68 bits per heavy atom. The third-order valence-electron chi connectivity index (χ3n) is 2.46. The first-order chi connectivity index (χ1) is 8.97. The molecule has 0 aliphatic rings. The number of carbonyl (C=O) groups excluding carboxylic acids is 1. The number of phenols is 1. The number of aromatic hydroxyl groups is 1. The molecule has 19 heavy (non-hydrogen) atoms. The monoisotopic (exact) mass is 340 g/mol. The Morgan fingerprint density at radius 1 is 1.26 bits per heavy atom. The average Bonchev–Trinajstić information content (AvgIpc) is 2.35. The van der Waals surface area contributed by atoms with Gasteiger partial charge in [-0.05, 0) is 30.3 Å². The Morgan fingerprint density at radius 2 is 2.00 bits per heavy atom. The second-order valence-electron chi connectivity index (χ2n) is 3.85. The highest BCUT2D eigenvalue weighted by Gasteiger charge is 2.12. The number of hydrogen-bond donors (Lipinski definition) is 3. The Labute approximate surface area is 123 Å². The number of amides is 1. The molecule has 2 rings (SSSR count). The first kappa shape index (κ1) is 13.7. The van der Waals surface area contributed by atoms with Crippen molar-refractivity contribution in [3.05, 3.63) is 51.5 Å². The molecule has 0 saturated heterocycles. The first-order valence-electron chi connectivity index (χ1n) is 5.32. The number of benzene rings is 2. The van der Waals surface area contributed by atoms with Crippen molar-refractivity contribution in [1.29, 1.82) is 0 Å². The van der Waals surface area contributed by atoms with E-state index in [0.717, 1.165) is 4.47 Å². The highest BCUT2D eigenvalue weighted by Crippen LogP contribution is 2.26. The minimum atomic E-state index is -0.372. The zero-order valence-corrected chi connectivity index (χ0v) is 12.0. The number of nitrogens with one attached hydrogen (secondary N) is 1. The van der Waals surface area contributed by atoms with Crippen molar-refractivity contribution in [2.24, 2.45) is 0 Å². The lowest BCUT2D eigenvalue weighted by molar-refractivity contribution is 0.102. The van der Waals surface area contributed by atoms with E-state index in [1.165, 1.54) is 18.2 Å². The van der Waals surface area contributed by atoms with E-state index in [4.69, 9.17) is 17.3 Å². The summed E-state index contributed by atoms with van der Waals surface area (Å²) in [6.45, 7) is 0. The Kier molecular flexibility index (Phi) is 3.97. The van der Waals surface area contributed by atoms with Crippen molar-refractivity contribution < 1.29 is 9.90 Å². The number of hydrogen-bond acceptors (Lipinski definition) is 3. The highest BCUT2D eigenvalue weighted by molar-refractivity contribution is 9.10. The van der Waals surface area contributed by atoms with Gasteiger partial charge in [-0.15, -0.1) is 0 Å². The van der Waals surface area contributed by atoms with E-state index in [0.29, 0.717) is 16.3 Å². The van der Waals surface area contributed by atoms with Crippen LogP contribution >= 0.6 is 27.5 Å². The molecular formula is C13H10BrClN2O2. The summed E-state index contributed by atoms with van der Waals surface area (Å²) in [7, 11) is 0. The molecule has 0 saturated carbocycles. The van der Waals surface area contributed by atoms with Crippen LogP contribution in [0.15, 0.2) is 40.9 Å². The summed E-state index contributed by atoms with van der Waals surface area (Å²) >= 11 is 9.25. The van der Waals surface area contributed by atoms with Crippen LogP contribution in [-0.4, -0.2) is 11.0 Å². The van der Waals surface area contributed by atoms with Crippen molar-refractivity contribution in [3.8, 4) is 5.75 Å². The fraction of sp³-hybridized carbons (Fsp3) is 0. The van der Waals surface area contributed by atoms with Gasteiger partial charge in [0.05, 0.1) is 22.0 Å². The first-order valence-corrected chi connectivity index (χ1v) is 6.49. The van der Waals surface area contributed by atoms with Crippen molar-refractivity contribution in [1.82, 2.24) is 0 Å². The summed E-state index contributed by atoms with van der Waals surface area (Å²) in [6.07, 6.45) is 0. The molecule has 0 aliphatic heterocycles. The van der Waals surface area contributed by atoms with Gasteiger partial charge in [0.15, 0.2) is 0 Å². The molecule has 0 spiro atoms. The number of carbonyl (C=O) groups is 1. The van der Waals surface area contributed by atoms with E-state index in [2.05, 4.69) is 21.2 Å². The minimum absolute atomic E-state index is 0.0380. The Bertz CT molecular complexity index is 647. The van der Waals surface area contributed by atoms with E-state index < -0.39 is 0 Å². The lowest BCUT2D eigenvalue weighted by Crippen LogP contribution is -2.13. The summed E-state index contributed by atoms with van der Waals surface area (Å²) < 4.78 is 0.751. The van der Waals surface area contributed by atoms with Crippen LogP contribution in [0, 0.1) is 0 Å². The van der Waals surface area contributed by atoms with Gasteiger partial charge in [-0.25, -0.2) is 0 Å². The van der Waals surface area contributed by atoms with Crippen LogP contribution in [0.3, 0.4) is 0 Å². The highest BCUT2D eigenvalue weighted by atomic mass is 79.9. The zero-order valence-electron chi connectivity index (χ0n) is 9.65. The van der Waals surface area contributed by atoms with Gasteiger partial charge in [0.2, 0.25) is 0 Å². The van der Waals surface area contributed by atoms with Crippen molar-refractivity contribution in [2.75, 3.05) is 11.1 Å². The van der Waals surface area contributed by atoms with Crippen molar-refractivity contribution in [3.63, 3.8) is 0 Å². The van der Waals surface area contributed by atoms with Crippen LogP contribution in [0.1, 0.15) is 10.4 Å². The molecular weight excluding hydrogens is 332 g/mol. The lowest BCUT2D eigenvalue weighted by Gasteiger charge is -2.09. The summed E-state index contributed by atoms with van der Waals surface area (Å²) in [6, 6.07) is 9.31. The lowest BCUT2D eigenvalue weighted by atomic mass is 10.2. The molecule has 98 valence electrons. The second kappa shape index (κ2) is 5.50. The van der Waals surface area contributed by atoms with Gasteiger partial charge in [-0.1, -0.05) is 27.5 Å². The smallest absolute Gasteiger partial charge is 0.257 e. The topological polar surface area (TPSA) is 75.3 Å².